The average molecular weight is 367 g/mol. The zero-order chi connectivity index (χ0) is 16.9. The minimum atomic E-state index is -0.198. The lowest BCUT2D eigenvalue weighted by Crippen LogP contribution is -2.46. The number of likely N-dealkylation sites (tertiary alicyclic amines) is 1. The van der Waals surface area contributed by atoms with Gasteiger partial charge in [0.25, 0.3) is 0 Å². The number of anilines is 1. The summed E-state index contributed by atoms with van der Waals surface area (Å²) in [5.74, 6) is 0. The number of carbonyl (C=O) groups excluding carboxylic acids is 1. The minimum absolute atomic E-state index is 0.124. The smallest absolute Gasteiger partial charge is 0.321 e. The summed E-state index contributed by atoms with van der Waals surface area (Å²) in [6, 6.07) is 6.84. The van der Waals surface area contributed by atoms with Crippen LogP contribution in [0.4, 0.5) is 10.5 Å². The van der Waals surface area contributed by atoms with Crippen molar-refractivity contribution in [3.8, 4) is 6.01 Å². The lowest BCUT2D eigenvalue weighted by Gasteiger charge is -2.32. The molecular weight excluding hydrogens is 351 g/mol. The summed E-state index contributed by atoms with van der Waals surface area (Å²) in [6.07, 6.45) is 4.83. The van der Waals surface area contributed by atoms with Gasteiger partial charge in [-0.3, -0.25) is 0 Å². The third-order valence-corrected chi connectivity index (χ3v) is 4.39. The van der Waals surface area contributed by atoms with Crippen LogP contribution in [0.3, 0.4) is 0 Å². The number of ether oxygens (including phenoxy) is 1. The van der Waals surface area contributed by atoms with Crippen molar-refractivity contribution in [1.29, 1.82) is 0 Å². The SMILES string of the molecule is O=C(Nc1ccc(Cl)c(Cl)c1)N1CCCC(Oc2ncccn2)C1. The maximum absolute atomic E-state index is 12.4. The van der Waals surface area contributed by atoms with Crippen LogP contribution in [0.1, 0.15) is 12.8 Å². The van der Waals surface area contributed by atoms with Gasteiger partial charge in [-0.25, -0.2) is 14.8 Å². The molecule has 0 saturated carbocycles. The van der Waals surface area contributed by atoms with Gasteiger partial charge in [0, 0.05) is 24.6 Å². The van der Waals surface area contributed by atoms with Crippen molar-refractivity contribution in [1.82, 2.24) is 14.9 Å². The molecule has 1 atom stereocenters. The summed E-state index contributed by atoms with van der Waals surface area (Å²) in [4.78, 5) is 22.2. The van der Waals surface area contributed by atoms with Gasteiger partial charge in [-0.05, 0) is 37.1 Å². The number of urea groups is 1. The van der Waals surface area contributed by atoms with Crippen molar-refractivity contribution >= 4 is 34.9 Å². The van der Waals surface area contributed by atoms with Crippen LogP contribution in [0.25, 0.3) is 0 Å². The molecule has 1 saturated heterocycles. The highest BCUT2D eigenvalue weighted by Crippen LogP contribution is 2.25. The molecule has 2 amide bonds. The zero-order valence-corrected chi connectivity index (χ0v) is 14.3. The van der Waals surface area contributed by atoms with Gasteiger partial charge in [0.05, 0.1) is 16.6 Å². The van der Waals surface area contributed by atoms with Crippen LogP contribution in [0.2, 0.25) is 10.0 Å². The second-order valence-corrected chi connectivity index (χ2v) is 6.23. The molecule has 1 aromatic carbocycles. The molecule has 1 N–H and O–H groups in total. The first kappa shape index (κ1) is 16.8. The Bertz CT molecular complexity index is 714. The average Bonchev–Trinajstić information content (AvgIpc) is 2.59. The highest BCUT2D eigenvalue weighted by molar-refractivity contribution is 6.42. The Morgan fingerprint density at radius 3 is 2.79 bits per heavy atom. The molecule has 1 unspecified atom stereocenters. The molecular formula is C16H16Cl2N4O2. The van der Waals surface area contributed by atoms with Crippen LogP contribution in [-0.2, 0) is 0 Å². The van der Waals surface area contributed by atoms with Crippen molar-refractivity contribution in [2.45, 2.75) is 18.9 Å². The Balaban J connectivity index is 1.59. The van der Waals surface area contributed by atoms with Crippen molar-refractivity contribution in [3.05, 3.63) is 46.7 Å². The Kier molecular flexibility index (Phi) is 5.37. The molecule has 2 heterocycles. The van der Waals surface area contributed by atoms with Gasteiger partial charge >= 0.3 is 12.0 Å². The standard InChI is InChI=1S/C16H16Cl2N4O2/c17-13-5-4-11(9-14(13)18)21-16(23)22-8-1-3-12(10-22)24-15-19-6-2-7-20-15/h2,4-7,9,12H,1,3,8,10H2,(H,21,23). The molecule has 0 radical (unpaired) electrons. The largest absolute Gasteiger partial charge is 0.458 e. The van der Waals surface area contributed by atoms with Crippen LogP contribution in [0, 0.1) is 0 Å². The Morgan fingerprint density at radius 2 is 2.04 bits per heavy atom. The maximum atomic E-state index is 12.4. The number of hydrogen-bond donors (Lipinski definition) is 1. The summed E-state index contributed by atoms with van der Waals surface area (Å²) < 4.78 is 5.74. The van der Waals surface area contributed by atoms with Gasteiger partial charge in [-0.2, -0.15) is 0 Å². The van der Waals surface area contributed by atoms with Crippen molar-refractivity contribution in [3.63, 3.8) is 0 Å². The third kappa shape index (κ3) is 4.27. The van der Waals surface area contributed by atoms with Crippen molar-refractivity contribution in [2.75, 3.05) is 18.4 Å². The zero-order valence-electron chi connectivity index (χ0n) is 12.8. The van der Waals surface area contributed by atoms with E-state index < -0.39 is 0 Å². The molecule has 2 aromatic rings. The Morgan fingerprint density at radius 1 is 1.25 bits per heavy atom. The predicted molar refractivity (Wildman–Crippen MR) is 92.7 cm³/mol. The van der Waals surface area contributed by atoms with Gasteiger partial charge < -0.3 is 15.0 Å². The monoisotopic (exact) mass is 366 g/mol. The predicted octanol–water partition coefficient (Wildman–Crippen LogP) is 3.86. The van der Waals surface area contributed by atoms with E-state index in [-0.39, 0.29) is 12.1 Å². The number of amides is 2. The first-order chi connectivity index (χ1) is 11.6. The fraction of sp³-hybridized carbons (Fsp3) is 0.312. The van der Waals surface area contributed by atoms with E-state index in [1.165, 1.54) is 0 Å². The number of aromatic nitrogens is 2. The fourth-order valence-corrected chi connectivity index (χ4v) is 2.79. The number of rotatable bonds is 3. The highest BCUT2D eigenvalue weighted by atomic mass is 35.5. The van der Waals surface area contributed by atoms with E-state index in [1.807, 2.05) is 0 Å². The molecule has 0 aliphatic carbocycles. The number of benzene rings is 1. The van der Waals surface area contributed by atoms with Gasteiger partial charge in [-0.1, -0.05) is 23.2 Å². The summed E-state index contributed by atoms with van der Waals surface area (Å²) in [6.45, 7) is 1.15. The van der Waals surface area contributed by atoms with Crippen molar-refractivity contribution in [2.24, 2.45) is 0 Å². The third-order valence-electron chi connectivity index (χ3n) is 3.65. The van der Waals surface area contributed by atoms with Crippen LogP contribution < -0.4 is 10.1 Å². The number of piperidine rings is 1. The topological polar surface area (TPSA) is 67.4 Å². The van der Waals surface area contributed by atoms with E-state index in [2.05, 4.69) is 15.3 Å². The molecule has 24 heavy (non-hydrogen) atoms. The molecule has 0 bridgehead atoms. The minimum Gasteiger partial charge on any atom is -0.458 e. The first-order valence-electron chi connectivity index (χ1n) is 7.56. The van der Waals surface area contributed by atoms with E-state index in [0.717, 1.165) is 12.8 Å². The van der Waals surface area contributed by atoms with Gasteiger partial charge in [0.2, 0.25) is 0 Å². The number of carbonyl (C=O) groups is 1. The number of nitrogens with zero attached hydrogens (tertiary/aromatic N) is 3. The van der Waals surface area contributed by atoms with E-state index in [4.69, 9.17) is 27.9 Å². The van der Waals surface area contributed by atoms with E-state index in [0.29, 0.717) is 34.8 Å². The Hall–Kier alpha value is -2.05. The number of halogens is 2. The lowest BCUT2D eigenvalue weighted by atomic mass is 10.1. The van der Waals surface area contributed by atoms with Crippen LogP contribution in [-0.4, -0.2) is 40.1 Å². The molecule has 126 valence electrons. The number of hydrogen-bond acceptors (Lipinski definition) is 4. The maximum Gasteiger partial charge on any atom is 0.321 e. The molecule has 1 aliphatic rings. The molecule has 0 spiro atoms. The molecule has 1 aromatic heterocycles. The molecule has 1 fully saturated rings. The Labute approximate surface area is 149 Å². The van der Waals surface area contributed by atoms with Crippen LogP contribution >= 0.6 is 23.2 Å². The summed E-state index contributed by atoms with van der Waals surface area (Å²) >= 11 is 11.8. The van der Waals surface area contributed by atoms with Gasteiger partial charge in [0.15, 0.2) is 0 Å². The quantitative estimate of drug-likeness (QED) is 0.895. The summed E-state index contributed by atoms with van der Waals surface area (Å²) in [5, 5.41) is 3.67. The van der Waals surface area contributed by atoms with E-state index in [9.17, 15) is 4.79 Å². The molecule has 8 heteroatoms. The van der Waals surface area contributed by atoms with Crippen LogP contribution in [0.15, 0.2) is 36.7 Å². The molecule has 1 aliphatic heterocycles. The van der Waals surface area contributed by atoms with E-state index in [1.54, 1.807) is 41.6 Å². The van der Waals surface area contributed by atoms with E-state index >= 15 is 0 Å². The van der Waals surface area contributed by atoms with Crippen LogP contribution in [0.5, 0.6) is 6.01 Å². The van der Waals surface area contributed by atoms with Gasteiger partial charge in [0.1, 0.15) is 6.10 Å². The summed E-state index contributed by atoms with van der Waals surface area (Å²) in [7, 11) is 0. The highest BCUT2D eigenvalue weighted by Gasteiger charge is 2.25. The fourth-order valence-electron chi connectivity index (χ4n) is 2.49. The normalized spacial score (nSPS) is 17.4. The molecule has 3 rings (SSSR count). The second-order valence-electron chi connectivity index (χ2n) is 5.42. The van der Waals surface area contributed by atoms with Gasteiger partial charge in [-0.15, -0.1) is 0 Å². The summed E-state index contributed by atoms with van der Waals surface area (Å²) in [5.41, 5.74) is 0.601. The number of nitrogens with one attached hydrogen (secondary N) is 1. The second kappa shape index (κ2) is 7.68. The van der Waals surface area contributed by atoms with Crippen molar-refractivity contribution < 1.29 is 9.53 Å². The first-order valence-corrected chi connectivity index (χ1v) is 8.32. The lowest BCUT2D eigenvalue weighted by molar-refractivity contribution is 0.0983. The molecule has 6 nitrogen and oxygen atoms in total.